The maximum atomic E-state index is 10.3. The molecule has 23 heavy (non-hydrogen) atoms. The molecule has 1 N–H and O–H groups in total. The van der Waals surface area contributed by atoms with Gasteiger partial charge in [0.05, 0.1) is 0 Å². The van der Waals surface area contributed by atoms with Crippen LogP contribution in [0.3, 0.4) is 0 Å². The molecule has 3 rings (SSSR count). The number of rotatable bonds is 5. The van der Waals surface area contributed by atoms with E-state index < -0.39 is 0 Å². The molecule has 0 aliphatic carbocycles. The van der Waals surface area contributed by atoms with Crippen LogP contribution in [0, 0.1) is 0 Å². The summed E-state index contributed by atoms with van der Waals surface area (Å²) in [7, 11) is 0. The van der Waals surface area contributed by atoms with Gasteiger partial charge in [0.15, 0.2) is 11.5 Å². The molecule has 3 aromatic carbocycles. The highest BCUT2D eigenvalue weighted by Gasteiger charge is 2.15. The molecule has 0 amide bonds. The van der Waals surface area contributed by atoms with Gasteiger partial charge in [0.1, 0.15) is 11.5 Å². The third kappa shape index (κ3) is 3.85. The second kappa shape index (κ2) is 7.20. The van der Waals surface area contributed by atoms with E-state index in [0.717, 1.165) is 5.56 Å². The van der Waals surface area contributed by atoms with E-state index in [2.05, 4.69) is 15.9 Å². The highest BCUT2D eigenvalue weighted by Crippen LogP contribution is 2.43. The SMILES string of the molecule is Oc1cc(CBr)cc(Oc2ccccc2)c1Oc1ccccc1. The average molecular weight is 371 g/mol. The van der Waals surface area contributed by atoms with E-state index >= 15 is 0 Å². The van der Waals surface area contributed by atoms with Crippen molar-refractivity contribution in [2.24, 2.45) is 0 Å². The van der Waals surface area contributed by atoms with Crippen LogP contribution in [0.25, 0.3) is 0 Å². The summed E-state index contributed by atoms with van der Waals surface area (Å²) in [5.41, 5.74) is 0.897. The van der Waals surface area contributed by atoms with Crippen LogP contribution in [-0.2, 0) is 5.33 Å². The van der Waals surface area contributed by atoms with Gasteiger partial charge in [0.25, 0.3) is 0 Å². The van der Waals surface area contributed by atoms with Gasteiger partial charge in [0, 0.05) is 5.33 Å². The summed E-state index contributed by atoms with van der Waals surface area (Å²) in [5.74, 6) is 2.11. The van der Waals surface area contributed by atoms with Gasteiger partial charge in [-0.1, -0.05) is 52.3 Å². The Balaban J connectivity index is 1.99. The first-order valence-electron chi connectivity index (χ1n) is 7.14. The van der Waals surface area contributed by atoms with Gasteiger partial charge >= 0.3 is 0 Å². The minimum atomic E-state index is 0.0386. The zero-order chi connectivity index (χ0) is 16.1. The van der Waals surface area contributed by atoms with E-state index in [1.165, 1.54) is 0 Å². The topological polar surface area (TPSA) is 38.7 Å². The van der Waals surface area contributed by atoms with E-state index in [1.807, 2.05) is 66.7 Å². The summed E-state index contributed by atoms with van der Waals surface area (Å²) in [6.45, 7) is 0. The largest absolute Gasteiger partial charge is 0.504 e. The fraction of sp³-hybridized carbons (Fsp3) is 0.0526. The fourth-order valence-electron chi connectivity index (χ4n) is 2.12. The average Bonchev–Trinajstić information content (AvgIpc) is 2.59. The lowest BCUT2D eigenvalue weighted by atomic mass is 10.2. The van der Waals surface area contributed by atoms with Gasteiger partial charge in [-0.25, -0.2) is 0 Å². The van der Waals surface area contributed by atoms with Crippen molar-refractivity contribution in [3.8, 4) is 28.7 Å². The lowest BCUT2D eigenvalue weighted by Crippen LogP contribution is -1.93. The Hall–Kier alpha value is -2.46. The predicted octanol–water partition coefficient (Wildman–Crippen LogP) is 5.87. The zero-order valence-electron chi connectivity index (χ0n) is 12.3. The van der Waals surface area contributed by atoms with Crippen LogP contribution in [-0.4, -0.2) is 5.11 Å². The van der Waals surface area contributed by atoms with Crippen molar-refractivity contribution in [2.45, 2.75) is 5.33 Å². The number of phenolic OH excluding ortho intramolecular Hbond substituents is 1. The Morgan fingerprint density at radius 2 is 1.35 bits per heavy atom. The standard InChI is InChI=1S/C19H15BrO3/c20-13-14-11-17(21)19(23-16-9-5-2-6-10-16)18(12-14)22-15-7-3-1-4-8-15/h1-12,21H,13H2. The molecule has 0 aromatic heterocycles. The van der Waals surface area contributed by atoms with Crippen molar-refractivity contribution in [3.05, 3.63) is 78.4 Å². The first kappa shape index (κ1) is 15.4. The maximum absolute atomic E-state index is 10.3. The molecule has 4 heteroatoms. The molecule has 3 nitrogen and oxygen atoms in total. The van der Waals surface area contributed by atoms with Gasteiger partial charge in [-0.2, -0.15) is 0 Å². The first-order chi connectivity index (χ1) is 11.3. The Labute approximate surface area is 143 Å². The van der Waals surface area contributed by atoms with Crippen LogP contribution in [0.4, 0.5) is 0 Å². The monoisotopic (exact) mass is 370 g/mol. The quantitative estimate of drug-likeness (QED) is 0.570. The van der Waals surface area contributed by atoms with Crippen molar-refractivity contribution < 1.29 is 14.6 Å². The lowest BCUT2D eigenvalue weighted by Gasteiger charge is -2.15. The molecule has 116 valence electrons. The number of phenols is 1. The molecule has 0 radical (unpaired) electrons. The van der Waals surface area contributed by atoms with Crippen molar-refractivity contribution in [2.75, 3.05) is 0 Å². The van der Waals surface area contributed by atoms with Gasteiger partial charge in [-0.05, 0) is 42.0 Å². The smallest absolute Gasteiger partial charge is 0.211 e. The summed E-state index contributed by atoms with van der Waals surface area (Å²) >= 11 is 3.40. The molecule has 0 heterocycles. The van der Waals surface area contributed by atoms with Crippen molar-refractivity contribution in [1.29, 1.82) is 0 Å². The van der Waals surface area contributed by atoms with Crippen LogP contribution in [0.5, 0.6) is 28.7 Å². The maximum Gasteiger partial charge on any atom is 0.211 e. The van der Waals surface area contributed by atoms with Gasteiger partial charge < -0.3 is 14.6 Å². The third-order valence-electron chi connectivity index (χ3n) is 3.18. The number of benzene rings is 3. The van der Waals surface area contributed by atoms with Crippen molar-refractivity contribution in [3.63, 3.8) is 0 Å². The number of aromatic hydroxyl groups is 1. The molecule has 3 aromatic rings. The van der Waals surface area contributed by atoms with E-state index in [-0.39, 0.29) is 5.75 Å². The number of ether oxygens (including phenoxy) is 2. The van der Waals surface area contributed by atoms with Crippen LogP contribution in [0.2, 0.25) is 0 Å². The summed E-state index contributed by atoms with van der Waals surface area (Å²) in [6.07, 6.45) is 0. The van der Waals surface area contributed by atoms with E-state index in [1.54, 1.807) is 6.07 Å². The zero-order valence-corrected chi connectivity index (χ0v) is 13.9. The molecule has 0 saturated heterocycles. The van der Waals surface area contributed by atoms with Crippen molar-refractivity contribution in [1.82, 2.24) is 0 Å². The number of hydrogen-bond acceptors (Lipinski definition) is 3. The minimum absolute atomic E-state index is 0.0386. The summed E-state index contributed by atoms with van der Waals surface area (Å²) < 4.78 is 11.7. The van der Waals surface area contributed by atoms with Crippen LogP contribution in [0.1, 0.15) is 5.56 Å². The highest BCUT2D eigenvalue weighted by atomic mass is 79.9. The molecular formula is C19H15BrO3. The third-order valence-corrected chi connectivity index (χ3v) is 3.83. The van der Waals surface area contributed by atoms with E-state index in [0.29, 0.717) is 28.3 Å². The van der Waals surface area contributed by atoms with Crippen LogP contribution >= 0.6 is 15.9 Å². The van der Waals surface area contributed by atoms with Gasteiger partial charge in [-0.3, -0.25) is 0 Å². The van der Waals surface area contributed by atoms with Crippen LogP contribution < -0.4 is 9.47 Å². The summed E-state index contributed by atoms with van der Waals surface area (Å²) in [6, 6.07) is 22.2. The Morgan fingerprint density at radius 1 is 0.783 bits per heavy atom. The predicted molar refractivity (Wildman–Crippen MR) is 93.8 cm³/mol. The second-order valence-electron chi connectivity index (χ2n) is 4.91. The molecule has 0 atom stereocenters. The molecule has 0 saturated carbocycles. The van der Waals surface area contributed by atoms with E-state index in [4.69, 9.17) is 9.47 Å². The number of para-hydroxylation sites is 2. The molecule has 0 bridgehead atoms. The lowest BCUT2D eigenvalue weighted by molar-refractivity contribution is 0.380. The van der Waals surface area contributed by atoms with Crippen molar-refractivity contribution >= 4 is 15.9 Å². The Bertz CT molecular complexity index is 773. The molecule has 0 fully saturated rings. The number of hydrogen-bond donors (Lipinski definition) is 1. The van der Waals surface area contributed by atoms with Crippen LogP contribution in [0.15, 0.2) is 72.8 Å². The normalized spacial score (nSPS) is 10.3. The molecular weight excluding hydrogens is 356 g/mol. The molecule has 0 spiro atoms. The summed E-state index contributed by atoms with van der Waals surface area (Å²) in [4.78, 5) is 0. The second-order valence-corrected chi connectivity index (χ2v) is 5.47. The molecule has 0 aliphatic heterocycles. The summed E-state index contributed by atoms with van der Waals surface area (Å²) in [5, 5.41) is 10.9. The highest BCUT2D eigenvalue weighted by molar-refractivity contribution is 9.08. The van der Waals surface area contributed by atoms with E-state index in [9.17, 15) is 5.11 Å². The molecule has 0 unspecified atom stereocenters. The first-order valence-corrected chi connectivity index (χ1v) is 8.26. The Morgan fingerprint density at radius 3 is 1.91 bits per heavy atom. The number of alkyl halides is 1. The fourth-order valence-corrected chi connectivity index (χ4v) is 2.44. The molecule has 0 aliphatic rings. The number of halogens is 1. The minimum Gasteiger partial charge on any atom is -0.504 e. The van der Waals surface area contributed by atoms with Gasteiger partial charge in [0.2, 0.25) is 5.75 Å². The Kier molecular flexibility index (Phi) is 4.83. The van der Waals surface area contributed by atoms with Gasteiger partial charge in [-0.15, -0.1) is 0 Å².